The topological polar surface area (TPSA) is 80.7 Å². The van der Waals surface area contributed by atoms with Crippen molar-refractivity contribution in [2.24, 2.45) is 0 Å². The molecular weight excluding hydrogens is 346 g/mol. The summed E-state index contributed by atoms with van der Waals surface area (Å²) < 4.78 is 8.29. The Morgan fingerprint density at radius 3 is 2.54 bits per heavy atom. The molecule has 0 saturated carbocycles. The van der Waals surface area contributed by atoms with Gasteiger partial charge in [-0.15, -0.1) is 0 Å². The molecule has 6 nitrogen and oxygen atoms in total. The van der Waals surface area contributed by atoms with E-state index in [4.69, 9.17) is 0 Å². The van der Waals surface area contributed by atoms with Crippen LogP contribution in [0, 0.1) is 0 Å². The zero-order valence-corrected chi connectivity index (χ0v) is 14.6. The van der Waals surface area contributed by atoms with Crippen LogP contribution in [-0.2, 0) is 6.42 Å². The molecule has 0 radical (unpaired) electrons. The second-order valence-electron chi connectivity index (χ2n) is 5.75. The molecule has 2 aromatic carbocycles. The van der Waals surface area contributed by atoms with Crippen molar-refractivity contribution >= 4 is 28.7 Å². The normalized spacial score (nSPS) is 10.8. The highest BCUT2D eigenvalue weighted by Gasteiger charge is 2.08. The molecule has 0 saturated heterocycles. The predicted octanol–water partition coefficient (Wildman–Crippen LogP) is 3.12. The van der Waals surface area contributed by atoms with E-state index in [9.17, 15) is 4.79 Å². The molecule has 4 aromatic rings. The van der Waals surface area contributed by atoms with Gasteiger partial charge in [-0.1, -0.05) is 30.3 Å². The Morgan fingerprint density at radius 2 is 1.73 bits per heavy atom. The molecular formula is C19H15N5OS. The highest BCUT2D eigenvalue weighted by atomic mass is 32.1. The summed E-state index contributed by atoms with van der Waals surface area (Å²) >= 11 is 1.14. The number of rotatable bonds is 5. The number of nitrogens with one attached hydrogen (secondary N) is 1. The van der Waals surface area contributed by atoms with Crippen molar-refractivity contribution in [2.45, 2.75) is 6.42 Å². The molecule has 2 heterocycles. The molecule has 7 heteroatoms. The van der Waals surface area contributed by atoms with E-state index in [0.717, 1.165) is 33.9 Å². The molecule has 1 N–H and O–H groups in total. The molecule has 0 atom stereocenters. The van der Waals surface area contributed by atoms with Crippen LogP contribution >= 0.6 is 11.7 Å². The van der Waals surface area contributed by atoms with E-state index >= 15 is 0 Å². The minimum atomic E-state index is -0.123. The largest absolute Gasteiger partial charge is 0.352 e. The number of carbonyl (C=O) groups is 1. The summed E-state index contributed by atoms with van der Waals surface area (Å²) in [4.78, 5) is 21.0. The fraction of sp³-hybridized carbons (Fsp3) is 0.105. The van der Waals surface area contributed by atoms with Crippen molar-refractivity contribution in [1.29, 1.82) is 0 Å². The Labute approximate surface area is 154 Å². The second-order valence-corrected chi connectivity index (χ2v) is 6.28. The number of fused-ring (bicyclic) bond motifs is 1. The van der Waals surface area contributed by atoms with Crippen LogP contribution in [-0.4, -0.2) is 31.2 Å². The quantitative estimate of drug-likeness (QED) is 0.591. The first-order chi connectivity index (χ1) is 12.8. The van der Waals surface area contributed by atoms with Crippen LogP contribution in [0.3, 0.4) is 0 Å². The van der Waals surface area contributed by atoms with E-state index in [2.05, 4.69) is 24.0 Å². The monoisotopic (exact) mass is 361 g/mol. The molecule has 2 aromatic heterocycles. The Kier molecular flexibility index (Phi) is 4.61. The zero-order chi connectivity index (χ0) is 17.8. The van der Waals surface area contributed by atoms with E-state index in [-0.39, 0.29) is 5.91 Å². The molecule has 0 aliphatic heterocycles. The van der Waals surface area contributed by atoms with E-state index < -0.39 is 0 Å². The van der Waals surface area contributed by atoms with Gasteiger partial charge in [0.1, 0.15) is 11.0 Å². The van der Waals surface area contributed by atoms with Gasteiger partial charge in [-0.05, 0) is 30.2 Å². The van der Waals surface area contributed by atoms with Crippen molar-refractivity contribution in [3.63, 3.8) is 0 Å². The molecule has 0 aliphatic rings. The van der Waals surface area contributed by atoms with Crippen molar-refractivity contribution in [1.82, 2.24) is 24.0 Å². The number of nitrogens with zero attached hydrogens (tertiary/aromatic N) is 4. The standard InChI is InChI=1S/C19H15N5OS/c25-19(15-6-7-16-17(10-15)24-26-23-16)20-9-8-13-11-21-18(22-12-13)14-4-2-1-3-5-14/h1-7,10-12H,8-9H2,(H,20,25). The summed E-state index contributed by atoms with van der Waals surface area (Å²) in [5.74, 6) is 0.574. The lowest BCUT2D eigenvalue weighted by Gasteiger charge is -2.06. The maximum atomic E-state index is 12.3. The first kappa shape index (κ1) is 16.3. The molecule has 4 rings (SSSR count). The summed E-state index contributed by atoms with van der Waals surface area (Å²) in [6.07, 6.45) is 4.27. The number of hydrogen-bond acceptors (Lipinski definition) is 6. The molecule has 0 aliphatic carbocycles. The van der Waals surface area contributed by atoms with Gasteiger partial charge in [0.15, 0.2) is 5.82 Å². The van der Waals surface area contributed by atoms with Crippen molar-refractivity contribution in [2.75, 3.05) is 6.54 Å². The molecule has 0 spiro atoms. The van der Waals surface area contributed by atoms with Crippen LogP contribution in [0.25, 0.3) is 22.4 Å². The van der Waals surface area contributed by atoms with Gasteiger partial charge in [0, 0.05) is 30.1 Å². The summed E-state index contributed by atoms with van der Waals surface area (Å²) in [5.41, 5.74) is 4.10. The summed E-state index contributed by atoms with van der Waals surface area (Å²) in [6.45, 7) is 0.514. The first-order valence-electron chi connectivity index (χ1n) is 8.16. The van der Waals surface area contributed by atoms with E-state index in [1.165, 1.54) is 0 Å². The van der Waals surface area contributed by atoms with Gasteiger partial charge in [-0.25, -0.2) is 9.97 Å². The predicted molar refractivity (Wildman–Crippen MR) is 101 cm³/mol. The fourth-order valence-corrected chi connectivity index (χ4v) is 3.08. The summed E-state index contributed by atoms with van der Waals surface area (Å²) in [5, 5.41) is 2.91. The van der Waals surface area contributed by atoms with Crippen LogP contribution in [0.2, 0.25) is 0 Å². The molecule has 0 bridgehead atoms. The van der Waals surface area contributed by atoms with Crippen LogP contribution in [0.4, 0.5) is 0 Å². The fourth-order valence-electron chi connectivity index (χ4n) is 2.57. The third kappa shape index (κ3) is 3.57. The SMILES string of the molecule is O=C(NCCc1cnc(-c2ccccc2)nc1)c1ccc2nsnc2c1. The lowest BCUT2D eigenvalue weighted by molar-refractivity contribution is 0.0954. The third-order valence-corrected chi connectivity index (χ3v) is 4.51. The van der Waals surface area contributed by atoms with Crippen LogP contribution in [0.5, 0.6) is 0 Å². The third-order valence-electron chi connectivity index (χ3n) is 3.95. The Bertz CT molecular complexity index is 1030. The highest BCUT2D eigenvalue weighted by molar-refractivity contribution is 7.00. The van der Waals surface area contributed by atoms with Gasteiger partial charge in [0.05, 0.1) is 11.7 Å². The average molecular weight is 361 g/mol. The lowest BCUT2D eigenvalue weighted by atomic mass is 10.1. The molecule has 128 valence electrons. The Hall–Kier alpha value is -3.19. The second kappa shape index (κ2) is 7.37. The van der Waals surface area contributed by atoms with E-state index in [1.807, 2.05) is 36.4 Å². The zero-order valence-electron chi connectivity index (χ0n) is 13.8. The van der Waals surface area contributed by atoms with Gasteiger partial charge in [-0.2, -0.15) is 8.75 Å². The molecule has 26 heavy (non-hydrogen) atoms. The van der Waals surface area contributed by atoms with Crippen LogP contribution < -0.4 is 5.32 Å². The summed E-state index contributed by atoms with van der Waals surface area (Å²) in [6, 6.07) is 15.2. The number of aromatic nitrogens is 4. The smallest absolute Gasteiger partial charge is 0.251 e. The van der Waals surface area contributed by atoms with Gasteiger partial charge < -0.3 is 5.32 Å². The van der Waals surface area contributed by atoms with Crippen molar-refractivity contribution < 1.29 is 4.79 Å². The number of hydrogen-bond donors (Lipinski definition) is 1. The van der Waals surface area contributed by atoms with Gasteiger partial charge in [-0.3, -0.25) is 4.79 Å². The first-order valence-corrected chi connectivity index (χ1v) is 8.89. The molecule has 0 fully saturated rings. The average Bonchev–Trinajstić information content (AvgIpc) is 3.17. The van der Waals surface area contributed by atoms with E-state index in [0.29, 0.717) is 24.4 Å². The van der Waals surface area contributed by atoms with E-state index in [1.54, 1.807) is 24.5 Å². The number of carbonyl (C=O) groups excluding carboxylic acids is 1. The molecule has 1 amide bonds. The number of benzene rings is 2. The minimum absolute atomic E-state index is 0.123. The van der Waals surface area contributed by atoms with Crippen LogP contribution in [0.1, 0.15) is 15.9 Å². The Morgan fingerprint density at radius 1 is 0.962 bits per heavy atom. The lowest BCUT2D eigenvalue weighted by Crippen LogP contribution is -2.25. The maximum absolute atomic E-state index is 12.3. The van der Waals surface area contributed by atoms with Gasteiger partial charge >= 0.3 is 0 Å². The molecule has 0 unspecified atom stereocenters. The van der Waals surface area contributed by atoms with Gasteiger partial charge in [0.2, 0.25) is 0 Å². The van der Waals surface area contributed by atoms with Crippen LogP contribution in [0.15, 0.2) is 60.9 Å². The number of amides is 1. The summed E-state index contributed by atoms with van der Waals surface area (Å²) in [7, 11) is 0. The Balaban J connectivity index is 1.34. The van der Waals surface area contributed by atoms with Gasteiger partial charge in [0.25, 0.3) is 5.91 Å². The highest BCUT2D eigenvalue weighted by Crippen LogP contribution is 2.14. The van der Waals surface area contributed by atoms with Crippen molar-refractivity contribution in [3.05, 3.63) is 72.1 Å². The van der Waals surface area contributed by atoms with Crippen molar-refractivity contribution in [3.8, 4) is 11.4 Å². The maximum Gasteiger partial charge on any atom is 0.251 e. The minimum Gasteiger partial charge on any atom is -0.352 e.